The Morgan fingerprint density at radius 1 is 0.974 bits per heavy atom. The van der Waals surface area contributed by atoms with Gasteiger partial charge in [-0.15, -0.1) is 0 Å². The van der Waals surface area contributed by atoms with E-state index in [0.717, 1.165) is 37.6 Å². The number of allylic oxidation sites excluding steroid dienone is 3. The summed E-state index contributed by atoms with van der Waals surface area (Å²) >= 11 is 0. The summed E-state index contributed by atoms with van der Waals surface area (Å²) in [6.07, 6.45) is 13.1. The summed E-state index contributed by atoms with van der Waals surface area (Å²) in [5, 5.41) is 0. The zero-order valence-electron chi connectivity index (χ0n) is 22.5. The molecule has 1 heterocycles. The molecule has 0 amide bonds. The first-order valence-electron chi connectivity index (χ1n) is 13.9. The van der Waals surface area contributed by atoms with Crippen LogP contribution in [0.15, 0.2) is 85.0 Å². The van der Waals surface area contributed by atoms with E-state index in [9.17, 15) is 9.59 Å². The van der Waals surface area contributed by atoms with Crippen LogP contribution >= 0.6 is 0 Å². The molecule has 1 aliphatic carbocycles. The number of unbranched alkanes of at least 4 members (excludes halogenated alkanes) is 1. The molecule has 1 aliphatic heterocycles. The van der Waals surface area contributed by atoms with Crippen molar-refractivity contribution < 1.29 is 23.6 Å². The smallest absolute Gasteiger partial charge is 0.463 e. The Balaban J connectivity index is 1.36. The maximum atomic E-state index is 12.7. The molecule has 38 heavy (non-hydrogen) atoms. The predicted molar refractivity (Wildman–Crippen MR) is 151 cm³/mol. The third kappa shape index (κ3) is 8.27. The van der Waals surface area contributed by atoms with Crippen molar-refractivity contribution in [1.82, 2.24) is 0 Å². The number of ether oxygens (including phenoxy) is 1. The van der Waals surface area contributed by atoms with Gasteiger partial charge in [-0.05, 0) is 69.0 Å². The van der Waals surface area contributed by atoms with Gasteiger partial charge in [0, 0.05) is 24.9 Å². The van der Waals surface area contributed by atoms with Crippen LogP contribution in [0.25, 0.3) is 0 Å². The van der Waals surface area contributed by atoms with Gasteiger partial charge in [-0.1, -0.05) is 78.9 Å². The number of aryl methyl sites for hydroxylation is 1. The van der Waals surface area contributed by atoms with Gasteiger partial charge < -0.3 is 14.0 Å². The fourth-order valence-electron chi connectivity index (χ4n) is 5.35. The zero-order chi connectivity index (χ0) is 26.7. The van der Waals surface area contributed by atoms with Gasteiger partial charge in [0.25, 0.3) is 0 Å². The highest BCUT2D eigenvalue weighted by molar-refractivity contribution is 6.61. The fourth-order valence-corrected chi connectivity index (χ4v) is 5.35. The third-order valence-electron chi connectivity index (χ3n) is 7.24. The van der Waals surface area contributed by atoms with Crippen LogP contribution in [0.2, 0.25) is 0 Å². The second kappa shape index (κ2) is 14.3. The molecule has 2 fully saturated rings. The normalized spacial score (nSPS) is 23.0. The second-order valence-electron chi connectivity index (χ2n) is 10.5. The first-order valence-corrected chi connectivity index (χ1v) is 13.9. The Bertz CT molecular complexity index is 1080. The van der Waals surface area contributed by atoms with Crippen LogP contribution in [0.5, 0.6) is 0 Å². The molecule has 2 aromatic rings. The molecule has 4 rings (SSSR count). The average Bonchev–Trinajstić information content (AvgIpc) is 3.16. The van der Waals surface area contributed by atoms with E-state index >= 15 is 0 Å². The van der Waals surface area contributed by atoms with Crippen molar-refractivity contribution in [2.75, 3.05) is 0 Å². The molecule has 2 aromatic carbocycles. The highest BCUT2D eigenvalue weighted by atomic mass is 16.6. The van der Waals surface area contributed by atoms with Crippen molar-refractivity contribution in [3.63, 3.8) is 0 Å². The van der Waals surface area contributed by atoms with Crippen molar-refractivity contribution in [2.24, 2.45) is 11.8 Å². The highest BCUT2D eigenvalue weighted by Gasteiger charge is 2.50. The average molecular weight is 514 g/mol. The summed E-state index contributed by atoms with van der Waals surface area (Å²) in [7, 11) is -0.384. The molecule has 200 valence electrons. The van der Waals surface area contributed by atoms with Crippen LogP contribution in [0.4, 0.5) is 0 Å². The van der Waals surface area contributed by atoms with Crippen LogP contribution < -0.4 is 5.46 Å². The Hall–Kier alpha value is -2.96. The number of carbonyl (C=O) groups excluding carboxylic acids is 2. The molecular formula is C32H39BO5. The second-order valence-corrected chi connectivity index (χ2v) is 10.5. The van der Waals surface area contributed by atoms with Gasteiger partial charge in [0.2, 0.25) is 0 Å². The molecule has 6 heteroatoms. The molecule has 1 saturated carbocycles. The minimum atomic E-state index is -0.384. The van der Waals surface area contributed by atoms with E-state index in [1.165, 1.54) is 5.56 Å². The lowest BCUT2D eigenvalue weighted by Crippen LogP contribution is -2.45. The molecule has 4 atom stereocenters. The fraction of sp³-hybridized carbons (Fsp3) is 0.438. The lowest BCUT2D eigenvalue weighted by molar-refractivity contribution is -0.147. The molecule has 2 aliphatic rings. The number of fused-ring (bicyclic) bond motifs is 2. The Morgan fingerprint density at radius 2 is 1.68 bits per heavy atom. The summed E-state index contributed by atoms with van der Waals surface area (Å²) in [6.45, 7) is 3.73. The summed E-state index contributed by atoms with van der Waals surface area (Å²) in [5.74, 6) is 0.338. The molecule has 0 spiro atoms. The number of rotatable bonds is 13. The topological polar surface area (TPSA) is 61.8 Å². The molecule has 0 N–H and O–H groups in total. The van der Waals surface area contributed by atoms with Gasteiger partial charge in [0.15, 0.2) is 5.78 Å². The standard InChI is InChI=1S/C32H39BO5/c1-24(2)36-32(35)18-12-4-3-11-17-28-29(22-21-27(34)20-19-25-13-7-5-8-14-25)31-23-30(28)37-33(38-31)26-15-9-6-10-16-26/h3,5-11,13-16,21-22,24,28-31H,4,12,17-20,23H2,1-2H3/b11-3-,22-21+/t28-,29-,30+,31-/m1/s1. The first kappa shape index (κ1) is 28.1. The van der Waals surface area contributed by atoms with Crippen LogP contribution in [0.3, 0.4) is 0 Å². The number of carbonyl (C=O) groups is 2. The molecule has 0 aromatic heterocycles. The summed E-state index contributed by atoms with van der Waals surface area (Å²) in [4.78, 5) is 24.5. The van der Waals surface area contributed by atoms with E-state index in [2.05, 4.69) is 30.4 Å². The minimum Gasteiger partial charge on any atom is -0.463 e. The Labute approximate surface area is 227 Å². The molecule has 1 saturated heterocycles. The highest BCUT2D eigenvalue weighted by Crippen LogP contribution is 2.43. The SMILES string of the molecule is CC(C)OC(=O)CCC/C=C\C[C@@H]1[C@@H](/C=C/C(=O)CCc2ccccc2)[C@H]2C[C@@H]1OB(c1ccccc1)O2. The number of hydrogen-bond acceptors (Lipinski definition) is 5. The zero-order valence-corrected chi connectivity index (χ0v) is 22.5. The van der Waals surface area contributed by atoms with Crippen molar-refractivity contribution in [2.45, 2.75) is 77.1 Å². The van der Waals surface area contributed by atoms with Gasteiger partial charge in [-0.3, -0.25) is 9.59 Å². The van der Waals surface area contributed by atoms with Crippen LogP contribution in [0, 0.1) is 11.8 Å². The van der Waals surface area contributed by atoms with Crippen molar-refractivity contribution >= 4 is 24.3 Å². The molecule has 2 bridgehead atoms. The maximum Gasteiger partial charge on any atom is 0.494 e. The summed E-state index contributed by atoms with van der Waals surface area (Å²) < 4.78 is 18.0. The molecule has 0 unspecified atom stereocenters. The van der Waals surface area contributed by atoms with Gasteiger partial charge in [0.1, 0.15) is 0 Å². The van der Waals surface area contributed by atoms with E-state index in [4.69, 9.17) is 14.0 Å². The van der Waals surface area contributed by atoms with Crippen LogP contribution in [0.1, 0.15) is 57.9 Å². The lowest BCUT2D eigenvalue weighted by atomic mass is 9.77. The van der Waals surface area contributed by atoms with Gasteiger partial charge >= 0.3 is 13.1 Å². The minimum absolute atomic E-state index is 0.0151. The first-order chi connectivity index (χ1) is 18.5. The van der Waals surface area contributed by atoms with E-state index in [-0.39, 0.29) is 49.0 Å². The van der Waals surface area contributed by atoms with Gasteiger partial charge in [-0.2, -0.15) is 0 Å². The molecular weight excluding hydrogens is 475 g/mol. The molecule has 5 nitrogen and oxygen atoms in total. The van der Waals surface area contributed by atoms with Crippen molar-refractivity contribution in [3.8, 4) is 0 Å². The summed E-state index contributed by atoms with van der Waals surface area (Å²) in [6, 6.07) is 20.2. The monoisotopic (exact) mass is 514 g/mol. The number of esters is 1. The van der Waals surface area contributed by atoms with Crippen molar-refractivity contribution in [3.05, 3.63) is 90.5 Å². The number of hydrogen-bond donors (Lipinski definition) is 0. The van der Waals surface area contributed by atoms with Crippen LogP contribution in [-0.2, 0) is 30.1 Å². The third-order valence-corrected chi connectivity index (χ3v) is 7.24. The number of benzene rings is 2. The Morgan fingerprint density at radius 3 is 2.42 bits per heavy atom. The van der Waals surface area contributed by atoms with E-state index < -0.39 is 0 Å². The van der Waals surface area contributed by atoms with E-state index in [1.54, 1.807) is 6.08 Å². The Kier molecular flexibility index (Phi) is 10.5. The number of ketones is 1. The van der Waals surface area contributed by atoms with Crippen LogP contribution in [-0.4, -0.2) is 37.2 Å². The predicted octanol–water partition coefficient (Wildman–Crippen LogP) is 5.63. The quantitative estimate of drug-likeness (QED) is 0.114. The van der Waals surface area contributed by atoms with E-state index in [1.807, 2.05) is 62.4 Å². The van der Waals surface area contributed by atoms with E-state index in [0.29, 0.717) is 12.8 Å². The largest absolute Gasteiger partial charge is 0.494 e. The van der Waals surface area contributed by atoms with Crippen molar-refractivity contribution in [1.29, 1.82) is 0 Å². The molecule has 0 radical (unpaired) electrons. The maximum absolute atomic E-state index is 12.7. The van der Waals surface area contributed by atoms with Gasteiger partial charge in [-0.25, -0.2) is 0 Å². The van der Waals surface area contributed by atoms with Gasteiger partial charge in [0.05, 0.1) is 12.2 Å². The summed E-state index contributed by atoms with van der Waals surface area (Å²) in [5.41, 5.74) is 2.20. The lowest BCUT2D eigenvalue weighted by Gasteiger charge is -2.28.